The molecule has 0 radical (unpaired) electrons. The molecule has 3 nitrogen and oxygen atoms in total. The Morgan fingerprint density at radius 1 is 1.24 bits per heavy atom. The number of aromatic hydroxyl groups is 1. The van der Waals surface area contributed by atoms with E-state index in [2.05, 4.69) is 12.1 Å². The standard InChI is InChI=1S/C14H13NO2/c1-2-3-12-14-11-6-5-10(16)8-9(11)4-7-13(14)17-15-12/h4-8,16H,2-3H2,1H3. The van der Waals surface area contributed by atoms with Crippen LogP contribution in [0, 0.1) is 0 Å². The first kappa shape index (κ1) is 10.1. The summed E-state index contributed by atoms with van der Waals surface area (Å²) in [6.07, 6.45) is 1.95. The minimum atomic E-state index is 0.283. The second-order valence-electron chi connectivity index (χ2n) is 4.22. The quantitative estimate of drug-likeness (QED) is 0.727. The minimum Gasteiger partial charge on any atom is -0.508 e. The molecule has 0 atom stereocenters. The van der Waals surface area contributed by atoms with Crippen LogP contribution < -0.4 is 0 Å². The lowest BCUT2D eigenvalue weighted by Gasteiger charge is -2.01. The summed E-state index contributed by atoms with van der Waals surface area (Å²) in [6, 6.07) is 9.23. The zero-order valence-electron chi connectivity index (χ0n) is 9.60. The molecule has 0 saturated heterocycles. The topological polar surface area (TPSA) is 46.3 Å². The van der Waals surface area contributed by atoms with E-state index in [9.17, 15) is 5.11 Å². The third-order valence-corrected chi connectivity index (χ3v) is 2.99. The molecule has 3 rings (SSSR count). The fourth-order valence-corrected chi connectivity index (χ4v) is 2.23. The maximum Gasteiger partial charge on any atom is 0.167 e. The van der Waals surface area contributed by atoms with Crippen LogP contribution >= 0.6 is 0 Å². The maximum atomic E-state index is 9.49. The molecule has 86 valence electrons. The lowest BCUT2D eigenvalue weighted by atomic mass is 10.0. The normalized spacial score (nSPS) is 11.4. The van der Waals surface area contributed by atoms with Crippen molar-refractivity contribution in [2.75, 3.05) is 0 Å². The minimum absolute atomic E-state index is 0.283. The Kier molecular flexibility index (Phi) is 2.25. The first-order valence-electron chi connectivity index (χ1n) is 5.79. The summed E-state index contributed by atoms with van der Waals surface area (Å²) in [5, 5.41) is 16.8. The first-order chi connectivity index (χ1) is 8.29. The largest absolute Gasteiger partial charge is 0.508 e. The number of nitrogens with zero attached hydrogens (tertiary/aromatic N) is 1. The van der Waals surface area contributed by atoms with Crippen LogP contribution in [0.3, 0.4) is 0 Å². The number of benzene rings is 2. The van der Waals surface area contributed by atoms with Crippen LogP contribution in [-0.2, 0) is 6.42 Å². The average molecular weight is 227 g/mol. The smallest absolute Gasteiger partial charge is 0.167 e. The van der Waals surface area contributed by atoms with Crippen molar-refractivity contribution in [3.63, 3.8) is 0 Å². The molecule has 0 unspecified atom stereocenters. The highest BCUT2D eigenvalue weighted by Gasteiger charge is 2.11. The molecular formula is C14H13NO2. The monoisotopic (exact) mass is 227 g/mol. The molecule has 3 heteroatoms. The predicted molar refractivity (Wildman–Crippen MR) is 67.2 cm³/mol. The van der Waals surface area contributed by atoms with Gasteiger partial charge in [-0.25, -0.2) is 0 Å². The van der Waals surface area contributed by atoms with Gasteiger partial charge in [0.15, 0.2) is 5.58 Å². The van der Waals surface area contributed by atoms with Gasteiger partial charge in [0.1, 0.15) is 5.75 Å². The Bertz CT molecular complexity index is 685. The Morgan fingerprint density at radius 3 is 2.94 bits per heavy atom. The van der Waals surface area contributed by atoms with E-state index in [-0.39, 0.29) is 5.75 Å². The van der Waals surface area contributed by atoms with Gasteiger partial charge >= 0.3 is 0 Å². The highest BCUT2D eigenvalue weighted by Crippen LogP contribution is 2.30. The number of fused-ring (bicyclic) bond motifs is 3. The van der Waals surface area contributed by atoms with Gasteiger partial charge in [0, 0.05) is 0 Å². The van der Waals surface area contributed by atoms with E-state index in [4.69, 9.17) is 4.52 Å². The predicted octanol–water partition coefficient (Wildman–Crippen LogP) is 3.64. The number of phenolic OH excluding ortho intramolecular Hbond substituents is 1. The van der Waals surface area contributed by atoms with E-state index in [1.54, 1.807) is 12.1 Å². The Labute approximate surface area is 98.6 Å². The van der Waals surface area contributed by atoms with Crippen molar-refractivity contribution in [1.29, 1.82) is 0 Å². The molecule has 0 aliphatic carbocycles. The van der Waals surface area contributed by atoms with E-state index >= 15 is 0 Å². The summed E-state index contributed by atoms with van der Waals surface area (Å²) in [5.74, 6) is 0.283. The zero-order valence-corrected chi connectivity index (χ0v) is 9.60. The van der Waals surface area contributed by atoms with Crippen LogP contribution in [0.15, 0.2) is 34.9 Å². The van der Waals surface area contributed by atoms with Gasteiger partial charge in [-0.15, -0.1) is 0 Å². The fraction of sp³-hybridized carbons (Fsp3) is 0.214. The molecule has 1 aromatic heterocycles. The summed E-state index contributed by atoms with van der Waals surface area (Å²) >= 11 is 0. The highest BCUT2D eigenvalue weighted by molar-refractivity contribution is 6.07. The van der Waals surface area contributed by atoms with Crippen LogP contribution in [0.2, 0.25) is 0 Å². The van der Waals surface area contributed by atoms with Crippen LogP contribution in [0.4, 0.5) is 0 Å². The summed E-state index contributed by atoms with van der Waals surface area (Å²) in [5.41, 5.74) is 1.81. The van der Waals surface area contributed by atoms with Gasteiger partial charge in [0.05, 0.1) is 11.1 Å². The molecule has 0 aliphatic heterocycles. The number of phenols is 1. The van der Waals surface area contributed by atoms with Crippen LogP contribution in [0.1, 0.15) is 19.0 Å². The molecule has 1 heterocycles. The second-order valence-corrected chi connectivity index (χ2v) is 4.22. The van der Waals surface area contributed by atoms with Crippen molar-refractivity contribution < 1.29 is 9.63 Å². The number of aryl methyl sites for hydroxylation is 1. The van der Waals surface area contributed by atoms with Gasteiger partial charge in [0.25, 0.3) is 0 Å². The summed E-state index contributed by atoms with van der Waals surface area (Å²) in [6.45, 7) is 2.12. The van der Waals surface area contributed by atoms with Crippen molar-refractivity contribution in [2.24, 2.45) is 0 Å². The molecule has 2 aromatic carbocycles. The molecule has 1 N–H and O–H groups in total. The van der Waals surface area contributed by atoms with Crippen LogP contribution in [-0.4, -0.2) is 10.3 Å². The molecule has 0 amide bonds. The lowest BCUT2D eigenvalue weighted by molar-refractivity contribution is 0.445. The summed E-state index contributed by atoms with van der Waals surface area (Å²) in [4.78, 5) is 0. The average Bonchev–Trinajstić information content (AvgIpc) is 2.73. The fourth-order valence-electron chi connectivity index (χ4n) is 2.23. The molecular weight excluding hydrogens is 214 g/mol. The zero-order chi connectivity index (χ0) is 11.8. The number of hydrogen-bond acceptors (Lipinski definition) is 3. The van der Waals surface area contributed by atoms with Gasteiger partial charge in [0.2, 0.25) is 0 Å². The van der Waals surface area contributed by atoms with E-state index in [1.807, 2.05) is 18.2 Å². The van der Waals surface area contributed by atoms with E-state index in [0.717, 1.165) is 40.3 Å². The number of hydrogen-bond donors (Lipinski definition) is 1. The lowest BCUT2D eigenvalue weighted by Crippen LogP contribution is -1.84. The Balaban J connectivity index is 2.40. The second kappa shape index (κ2) is 3.77. The maximum absolute atomic E-state index is 9.49. The van der Waals surface area contributed by atoms with Crippen molar-refractivity contribution in [3.05, 3.63) is 36.0 Å². The molecule has 0 bridgehead atoms. The van der Waals surface area contributed by atoms with Crippen molar-refractivity contribution >= 4 is 21.7 Å². The first-order valence-corrected chi connectivity index (χ1v) is 5.79. The van der Waals surface area contributed by atoms with Gasteiger partial charge in [-0.3, -0.25) is 0 Å². The van der Waals surface area contributed by atoms with Gasteiger partial charge in [-0.1, -0.05) is 24.6 Å². The number of rotatable bonds is 2. The third kappa shape index (κ3) is 1.55. The van der Waals surface area contributed by atoms with Crippen LogP contribution in [0.5, 0.6) is 5.75 Å². The highest BCUT2D eigenvalue weighted by atomic mass is 16.5. The van der Waals surface area contributed by atoms with Gasteiger partial charge in [-0.05, 0) is 41.5 Å². The molecule has 0 fully saturated rings. The van der Waals surface area contributed by atoms with Crippen molar-refractivity contribution in [3.8, 4) is 5.75 Å². The Hall–Kier alpha value is -2.03. The summed E-state index contributed by atoms with van der Waals surface area (Å²) < 4.78 is 5.33. The SMILES string of the molecule is CCCc1noc2ccc3cc(O)ccc3c12. The van der Waals surface area contributed by atoms with Crippen molar-refractivity contribution in [2.45, 2.75) is 19.8 Å². The molecule has 3 aromatic rings. The molecule has 0 spiro atoms. The van der Waals surface area contributed by atoms with Crippen molar-refractivity contribution in [1.82, 2.24) is 5.16 Å². The molecule has 0 saturated carbocycles. The Morgan fingerprint density at radius 2 is 2.12 bits per heavy atom. The number of aromatic nitrogens is 1. The third-order valence-electron chi connectivity index (χ3n) is 2.99. The van der Waals surface area contributed by atoms with E-state index in [1.165, 1.54) is 0 Å². The van der Waals surface area contributed by atoms with Gasteiger partial charge in [-0.2, -0.15) is 0 Å². The van der Waals surface area contributed by atoms with Crippen LogP contribution in [0.25, 0.3) is 21.7 Å². The molecule has 17 heavy (non-hydrogen) atoms. The van der Waals surface area contributed by atoms with Gasteiger partial charge < -0.3 is 9.63 Å². The summed E-state index contributed by atoms with van der Waals surface area (Å²) in [7, 11) is 0. The van der Waals surface area contributed by atoms with E-state index < -0.39 is 0 Å². The molecule has 0 aliphatic rings. The van der Waals surface area contributed by atoms with E-state index in [0.29, 0.717) is 0 Å².